The van der Waals surface area contributed by atoms with Gasteiger partial charge in [-0.25, -0.2) is 9.97 Å². The van der Waals surface area contributed by atoms with E-state index in [1.807, 2.05) is 18.2 Å². The highest BCUT2D eigenvalue weighted by molar-refractivity contribution is 6.05. The van der Waals surface area contributed by atoms with Gasteiger partial charge in [-0.15, -0.1) is 0 Å². The zero-order valence-electron chi connectivity index (χ0n) is 34.5. The van der Waals surface area contributed by atoms with Crippen LogP contribution >= 0.6 is 0 Å². The average molecular weight is 801 g/mol. The Morgan fingerprint density at radius 3 is 1.49 bits per heavy atom. The molecule has 2 nitrogen and oxygen atoms in total. The highest BCUT2D eigenvalue weighted by atomic mass is 14.9. The summed E-state index contributed by atoms with van der Waals surface area (Å²) in [5, 5.41) is 4.69. The third-order valence-corrected chi connectivity index (χ3v) is 13.0. The molecule has 0 atom stereocenters. The number of nitrogens with zero attached hydrogens (tertiary/aromatic N) is 2. The Morgan fingerprint density at radius 1 is 0.286 bits per heavy atom. The Bertz CT molecular complexity index is 3450. The van der Waals surface area contributed by atoms with Crippen molar-refractivity contribution in [2.45, 2.75) is 5.41 Å². The number of hydrogen-bond acceptors (Lipinski definition) is 2. The van der Waals surface area contributed by atoms with E-state index in [0.717, 1.165) is 38.9 Å². The van der Waals surface area contributed by atoms with Crippen LogP contribution in [0.25, 0.3) is 88.8 Å². The first-order valence-electron chi connectivity index (χ1n) is 21.6. The molecule has 1 aromatic heterocycles. The molecule has 12 rings (SSSR count). The lowest BCUT2D eigenvalue weighted by Gasteiger charge is -2.34. The van der Waals surface area contributed by atoms with E-state index in [-0.39, 0.29) is 0 Å². The molecule has 1 aliphatic carbocycles. The molecule has 0 amide bonds. The standard InChI is InChI=1S/C61H40N2/c1-5-18-41(19-6-1)49-36-37-53(52-27-14-13-26-51(49)52)58-40-57(62-60(63-58)42-20-7-2-8-21-42)46-35-33-43-38-45(34-32-44(43)39-46)50-29-17-31-56-59(50)54-28-15-16-30-55(54)61(56,47-22-9-3-10-23-47)48-24-11-4-12-25-48/h1-40H. The van der Waals surface area contributed by atoms with Gasteiger partial charge in [-0.2, -0.15) is 0 Å². The summed E-state index contributed by atoms with van der Waals surface area (Å²) in [6, 6.07) is 87.7. The fraction of sp³-hybridized carbons (Fsp3) is 0.0164. The first-order chi connectivity index (χ1) is 31.2. The van der Waals surface area contributed by atoms with E-state index in [9.17, 15) is 0 Å². The minimum absolute atomic E-state index is 0.443. The van der Waals surface area contributed by atoms with Crippen LogP contribution in [0.1, 0.15) is 22.3 Å². The van der Waals surface area contributed by atoms with E-state index in [1.165, 1.54) is 66.4 Å². The summed E-state index contributed by atoms with van der Waals surface area (Å²) < 4.78 is 0. The number of rotatable bonds is 7. The minimum atomic E-state index is -0.443. The number of benzene rings is 10. The van der Waals surface area contributed by atoms with Gasteiger partial charge in [0.15, 0.2) is 5.82 Å². The molecule has 0 unspecified atom stereocenters. The van der Waals surface area contributed by atoms with Crippen molar-refractivity contribution < 1.29 is 0 Å². The van der Waals surface area contributed by atoms with Crippen molar-refractivity contribution in [2.75, 3.05) is 0 Å². The van der Waals surface area contributed by atoms with Crippen LogP contribution in [0.2, 0.25) is 0 Å². The molecule has 2 heteroatoms. The lowest BCUT2D eigenvalue weighted by Crippen LogP contribution is -2.28. The lowest BCUT2D eigenvalue weighted by molar-refractivity contribution is 0.768. The summed E-state index contributed by atoms with van der Waals surface area (Å²) in [6.07, 6.45) is 0. The SMILES string of the molecule is c1ccc(-c2nc(-c3ccc4cc(-c5cccc6c5-c5ccccc5C6(c5ccccc5)c5ccccc5)ccc4c3)cc(-c3ccc(-c4ccccc4)c4ccccc34)n2)cc1. The Hall–Kier alpha value is -8.20. The molecular weight excluding hydrogens is 761 g/mol. The van der Waals surface area contributed by atoms with Crippen molar-refractivity contribution in [3.63, 3.8) is 0 Å². The molecule has 63 heavy (non-hydrogen) atoms. The molecular formula is C61H40N2. The van der Waals surface area contributed by atoms with Crippen LogP contribution in [0.3, 0.4) is 0 Å². The third-order valence-electron chi connectivity index (χ3n) is 13.0. The molecule has 0 bridgehead atoms. The maximum absolute atomic E-state index is 5.24. The molecule has 0 N–H and O–H groups in total. The van der Waals surface area contributed by atoms with Crippen LogP contribution in [-0.4, -0.2) is 9.97 Å². The average Bonchev–Trinajstić information content (AvgIpc) is 3.68. The lowest BCUT2D eigenvalue weighted by atomic mass is 9.67. The summed E-state index contributed by atoms with van der Waals surface area (Å²) in [5.74, 6) is 0.704. The summed E-state index contributed by atoms with van der Waals surface area (Å²) in [7, 11) is 0. The largest absolute Gasteiger partial charge is 0.228 e. The van der Waals surface area contributed by atoms with Gasteiger partial charge in [0.1, 0.15) is 0 Å². The Kier molecular flexibility index (Phi) is 8.76. The van der Waals surface area contributed by atoms with Crippen molar-refractivity contribution in [3.05, 3.63) is 265 Å². The highest BCUT2D eigenvalue weighted by Gasteiger charge is 2.46. The number of fused-ring (bicyclic) bond motifs is 5. The monoisotopic (exact) mass is 800 g/mol. The molecule has 1 heterocycles. The van der Waals surface area contributed by atoms with Crippen LogP contribution < -0.4 is 0 Å². The van der Waals surface area contributed by atoms with E-state index < -0.39 is 5.41 Å². The fourth-order valence-corrected chi connectivity index (χ4v) is 10.1. The quantitative estimate of drug-likeness (QED) is 0.160. The van der Waals surface area contributed by atoms with Gasteiger partial charge >= 0.3 is 0 Å². The number of hydrogen-bond donors (Lipinski definition) is 0. The van der Waals surface area contributed by atoms with Gasteiger partial charge in [0.25, 0.3) is 0 Å². The van der Waals surface area contributed by atoms with Crippen LogP contribution in [0.4, 0.5) is 0 Å². The van der Waals surface area contributed by atoms with Crippen molar-refractivity contribution in [1.29, 1.82) is 0 Å². The predicted octanol–water partition coefficient (Wildman–Crippen LogP) is 15.5. The Morgan fingerprint density at radius 2 is 0.794 bits per heavy atom. The van der Waals surface area contributed by atoms with Gasteiger partial charge in [-0.05, 0) is 95.4 Å². The fourth-order valence-electron chi connectivity index (χ4n) is 10.1. The molecule has 10 aromatic carbocycles. The third kappa shape index (κ3) is 6.02. The van der Waals surface area contributed by atoms with Gasteiger partial charge < -0.3 is 0 Å². The van der Waals surface area contributed by atoms with Gasteiger partial charge in [0.2, 0.25) is 0 Å². The molecule has 0 radical (unpaired) electrons. The van der Waals surface area contributed by atoms with Crippen molar-refractivity contribution >= 4 is 21.5 Å². The van der Waals surface area contributed by atoms with Crippen molar-refractivity contribution in [3.8, 4) is 67.3 Å². The first kappa shape index (κ1) is 36.6. The van der Waals surface area contributed by atoms with E-state index in [2.05, 4.69) is 224 Å². The van der Waals surface area contributed by atoms with Crippen molar-refractivity contribution in [2.24, 2.45) is 0 Å². The highest BCUT2D eigenvalue weighted by Crippen LogP contribution is 2.58. The predicted molar refractivity (Wildman–Crippen MR) is 262 cm³/mol. The molecule has 0 aliphatic heterocycles. The van der Waals surface area contributed by atoms with Crippen LogP contribution in [-0.2, 0) is 5.41 Å². The molecule has 294 valence electrons. The van der Waals surface area contributed by atoms with Gasteiger partial charge in [0.05, 0.1) is 16.8 Å². The second-order valence-electron chi connectivity index (χ2n) is 16.4. The van der Waals surface area contributed by atoms with E-state index in [4.69, 9.17) is 9.97 Å². The normalized spacial score (nSPS) is 12.6. The van der Waals surface area contributed by atoms with E-state index in [1.54, 1.807) is 0 Å². The molecule has 0 fully saturated rings. The minimum Gasteiger partial charge on any atom is -0.228 e. The summed E-state index contributed by atoms with van der Waals surface area (Å²) in [6.45, 7) is 0. The molecule has 1 aliphatic rings. The molecule has 0 saturated heterocycles. The summed E-state index contributed by atoms with van der Waals surface area (Å²) in [4.78, 5) is 10.5. The zero-order chi connectivity index (χ0) is 41.7. The van der Waals surface area contributed by atoms with Crippen LogP contribution in [0, 0.1) is 0 Å². The maximum Gasteiger partial charge on any atom is 0.160 e. The summed E-state index contributed by atoms with van der Waals surface area (Å²) >= 11 is 0. The number of aromatic nitrogens is 2. The van der Waals surface area contributed by atoms with Crippen LogP contribution in [0.5, 0.6) is 0 Å². The van der Waals surface area contributed by atoms with Crippen LogP contribution in [0.15, 0.2) is 243 Å². The smallest absolute Gasteiger partial charge is 0.160 e. The van der Waals surface area contributed by atoms with Crippen molar-refractivity contribution in [1.82, 2.24) is 9.97 Å². The Labute approximate surface area is 367 Å². The molecule has 0 spiro atoms. The molecule has 11 aromatic rings. The molecule has 0 saturated carbocycles. The Balaban J connectivity index is 0.988. The second kappa shape index (κ2) is 15.1. The zero-order valence-corrected chi connectivity index (χ0v) is 34.5. The first-order valence-corrected chi connectivity index (χ1v) is 21.6. The van der Waals surface area contributed by atoms with Gasteiger partial charge in [-0.1, -0.05) is 224 Å². The van der Waals surface area contributed by atoms with E-state index in [0.29, 0.717) is 5.82 Å². The second-order valence-corrected chi connectivity index (χ2v) is 16.4. The maximum atomic E-state index is 5.24. The van der Waals surface area contributed by atoms with E-state index >= 15 is 0 Å². The van der Waals surface area contributed by atoms with Gasteiger partial charge in [0, 0.05) is 16.7 Å². The topological polar surface area (TPSA) is 25.8 Å². The summed E-state index contributed by atoms with van der Waals surface area (Å²) in [5.41, 5.74) is 17.0. The van der Waals surface area contributed by atoms with Gasteiger partial charge in [-0.3, -0.25) is 0 Å².